The molecule has 0 aromatic heterocycles. The van der Waals surface area contributed by atoms with Gasteiger partial charge in [0.05, 0.1) is 0 Å². The molecule has 106 valence electrons. The molecule has 2 rings (SSSR count). The summed E-state index contributed by atoms with van der Waals surface area (Å²) in [5, 5.41) is 0.762. The number of nitrogens with two attached hydrogens (primary N) is 1. The van der Waals surface area contributed by atoms with Crippen LogP contribution in [-0.2, 0) is 5.41 Å². The van der Waals surface area contributed by atoms with Crippen LogP contribution in [0.25, 0.3) is 11.1 Å². The molecule has 1 atom stereocenters. The van der Waals surface area contributed by atoms with E-state index in [0.29, 0.717) is 0 Å². The fraction of sp³-hybridized carbons (Fsp3) is 0.333. The lowest BCUT2D eigenvalue weighted by Crippen LogP contribution is -2.10. The summed E-state index contributed by atoms with van der Waals surface area (Å²) in [6.07, 6.45) is 0. The SMILES string of the molecule is CC(N)c1ccc(Cl)c(-c2ccc(C(C)(C)C)cc2)c1. The number of halogens is 1. The fourth-order valence-corrected chi connectivity index (χ4v) is 2.42. The summed E-state index contributed by atoms with van der Waals surface area (Å²) in [6.45, 7) is 8.62. The third-order valence-electron chi connectivity index (χ3n) is 3.58. The van der Waals surface area contributed by atoms with E-state index in [1.807, 2.05) is 19.1 Å². The van der Waals surface area contributed by atoms with Gasteiger partial charge in [-0.15, -0.1) is 0 Å². The minimum absolute atomic E-state index is 0.0138. The van der Waals surface area contributed by atoms with Crippen molar-refractivity contribution in [3.63, 3.8) is 0 Å². The first kappa shape index (κ1) is 15.1. The van der Waals surface area contributed by atoms with Crippen molar-refractivity contribution in [1.29, 1.82) is 0 Å². The second-order valence-electron chi connectivity index (χ2n) is 6.36. The van der Waals surface area contributed by atoms with E-state index in [9.17, 15) is 0 Å². The van der Waals surface area contributed by atoms with E-state index >= 15 is 0 Å². The third kappa shape index (κ3) is 3.23. The van der Waals surface area contributed by atoms with Crippen LogP contribution in [0.3, 0.4) is 0 Å². The van der Waals surface area contributed by atoms with Crippen LogP contribution in [-0.4, -0.2) is 0 Å². The predicted octanol–water partition coefficient (Wildman–Crippen LogP) is 5.32. The van der Waals surface area contributed by atoms with Crippen molar-refractivity contribution in [3.05, 3.63) is 58.6 Å². The third-order valence-corrected chi connectivity index (χ3v) is 3.91. The van der Waals surface area contributed by atoms with Crippen LogP contribution >= 0.6 is 11.6 Å². The van der Waals surface area contributed by atoms with Crippen molar-refractivity contribution >= 4 is 11.6 Å². The number of hydrogen-bond acceptors (Lipinski definition) is 1. The average molecular weight is 288 g/mol. The highest BCUT2D eigenvalue weighted by molar-refractivity contribution is 6.33. The van der Waals surface area contributed by atoms with Crippen LogP contribution < -0.4 is 5.73 Å². The van der Waals surface area contributed by atoms with Gasteiger partial charge in [0.2, 0.25) is 0 Å². The van der Waals surface area contributed by atoms with E-state index in [4.69, 9.17) is 17.3 Å². The Hall–Kier alpha value is -1.31. The Morgan fingerprint density at radius 3 is 2.10 bits per heavy atom. The van der Waals surface area contributed by atoms with Crippen LogP contribution in [0.2, 0.25) is 5.02 Å². The highest BCUT2D eigenvalue weighted by Crippen LogP contribution is 2.32. The summed E-state index contributed by atoms with van der Waals surface area (Å²) in [5.74, 6) is 0. The largest absolute Gasteiger partial charge is 0.324 e. The van der Waals surface area contributed by atoms with Gasteiger partial charge < -0.3 is 5.73 Å². The van der Waals surface area contributed by atoms with Crippen molar-refractivity contribution in [2.24, 2.45) is 5.73 Å². The van der Waals surface area contributed by atoms with E-state index in [-0.39, 0.29) is 11.5 Å². The first-order chi connectivity index (χ1) is 9.29. The van der Waals surface area contributed by atoms with Crippen molar-refractivity contribution in [2.75, 3.05) is 0 Å². The molecule has 0 bridgehead atoms. The Morgan fingerprint density at radius 1 is 1.00 bits per heavy atom. The van der Waals surface area contributed by atoms with Crippen molar-refractivity contribution < 1.29 is 0 Å². The molecule has 2 heteroatoms. The van der Waals surface area contributed by atoms with Crippen LogP contribution in [0.4, 0.5) is 0 Å². The van der Waals surface area contributed by atoms with E-state index in [2.05, 4.69) is 51.1 Å². The Kier molecular flexibility index (Phi) is 4.22. The number of hydrogen-bond donors (Lipinski definition) is 1. The quantitative estimate of drug-likeness (QED) is 0.794. The summed E-state index contributed by atoms with van der Waals surface area (Å²) in [4.78, 5) is 0. The molecule has 1 nitrogen and oxygen atoms in total. The standard InChI is InChI=1S/C18H22ClN/c1-12(20)14-7-10-17(19)16(11-14)13-5-8-15(9-6-13)18(2,3)4/h5-12H,20H2,1-4H3. The first-order valence-electron chi connectivity index (χ1n) is 6.95. The molecule has 0 saturated carbocycles. The van der Waals surface area contributed by atoms with E-state index in [0.717, 1.165) is 21.7 Å². The van der Waals surface area contributed by atoms with Crippen LogP contribution in [0.1, 0.15) is 44.9 Å². The van der Waals surface area contributed by atoms with Crippen molar-refractivity contribution in [2.45, 2.75) is 39.2 Å². The molecule has 20 heavy (non-hydrogen) atoms. The van der Waals surface area contributed by atoms with Crippen LogP contribution in [0.5, 0.6) is 0 Å². The lowest BCUT2D eigenvalue weighted by atomic mass is 9.86. The van der Waals surface area contributed by atoms with Gasteiger partial charge in [-0.3, -0.25) is 0 Å². The normalized spacial score (nSPS) is 13.3. The lowest BCUT2D eigenvalue weighted by Gasteiger charge is -2.19. The zero-order valence-corrected chi connectivity index (χ0v) is 13.3. The monoisotopic (exact) mass is 287 g/mol. The molecule has 0 saturated heterocycles. The maximum atomic E-state index is 6.32. The average Bonchev–Trinajstić information content (AvgIpc) is 2.38. The highest BCUT2D eigenvalue weighted by atomic mass is 35.5. The molecule has 2 aromatic carbocycles. The topological polar surface area (TPSA) is 26.0 Å². The Bertz CT molecular complexity index is 592. The van der Waals surface area contributed by atoms with Gasteiger partial charge in [0, 0.05) is 16.6 Å². The molecular weight excluding hydrogens is 266 g/mol. The second kappa shape index (κ2) is 5.59. The van der Waals surface area contributed by atoms with Gasteiger partial charge in [0.25, 0.3) is 0 Å². The fourth-order valence-electron chi connectivity index (χ4n) is 2.20. The number of benzene rings is 2. The summed E-state index contributed by atoms with van der Waals surface area (Å²) in [6, 6.07) is 14.6. The molecule has 0 aliphatic rings. The van der Waals surface area contributed by atoms with Gasteiger partial charge in [0.1, 0.15) is 0 Å². The Labute approximate surface area is 126 Å². The zero-order chi connectivity index (χ0) is 14.9. The summed E-state index contributed by atoms with van der Waals surface area (Å²) < 4.78 is 0. The molecule has 1 unspecified atom stereocenters. The lowest BCUT2D eigenvalue weighted by molar-refractivity contribution is 0.590. The predicted molar refractivity (Wildman–Crippen MR) is 88.2 cm³/mol. The summed E-state index contributed by atoms with van der Waals surface area (Å²) in [7, 11) is 0. The number of rotatable bonds is 2. The van der Waals surface area contributed by atoms with Crippen molar-refractivity contribution in [3.8, 4) is 11.1 Å². The minimum Gasteiger partial charge on any atom is -0.324 e. The molecule has 0 aliphatic heterocycles. The molecule has 2 N–H and O–H groups in total. The molecule has 0 aliphatic carbocycles. The zero-order valence-electron chi connectivity index (χ0n) is 12.6. The summed E-state index contributed by atoms with van der Waals surface area (Å²) >= 11 is 6.32. The molecule has 0 radical (unpaired) electrons. The molecule has 2 aromatic rings. The van der Waals surface area contributed by atoms with E-state index < -0.39 is 0 Å². The van der Waals surface area contributed by atoms with E-state index in [1.54, 1.807) is 0 Å². The maximum Gasteiger partial charge on any atom is 0.0484 e. The van der Waals surface area contributed by atoms with E-state index in [1.165, 1.54) is 5.56 Å². The molecule has 0 fully saturated rings. The second-order valence-corrected chi connectivity index (χ2v) is 6.76. The molecule has 0 heterocycles. The van der Waals surface area contributed by atoms with Gasteiger partial charge in [0.15, 0.2) is 0 Å². The first-order valence-corrected chi connectivity index (χ1v) is 7.33. The van der Waals surface area contributed by atoms with Gasteiger partial charge in [-0.25, -0.2) is 0 Å². The van der Waals surface area contributed by atoms with Gasteiger partial charge in [-0.1, -0.05) is 62.7 Å². The van der Waals surface area contributed by atoms with Gasteiger partial charge in [-0.05, 0) is 41.2 Å². The van der Waals surface area contributed by atoms with Crippen LogP contribution in [0.15, 0.2) is 42.5 Å². The minimum atomic E-state index is 0.0138. The smallest absolute Gasteiger partial charge is 0.0484 e. The molecule has 0 amide bonds. The van der Waals surface area contributed by atoms with Crippen molar-refractivity contribution in [1.82, 2.24) is 0 Å². The van der Waals surface area contributed by atoms with Gasteiger partial charge >= 0.3 is 0 Å². The Morgan fingerprint density at radius 2 is 1.60 bits per heavy atom. The molecular formula is C18H22ClN. The summed E-state index contributed by atoms with van der Waals surface area (Å²) in [5.41, 5.74) is 10.7. The highest BCUT2D eigenvalue weighted by Gasteiger charge is 2.14. The van der Waals surface area contributed by atoms with Crippen LogP contribution in [0, 0.1) is 0 Å². The molecule has 0 spiro atoms. The van der Waals surface area contributed by atoms with Gasteiger partial charge in [-0.2, -0.15) is 0 Å². The Balaban J connectivity index is 2.44. The maximum absolute atomic E-state index is 6.32.